The lowest BCUT2D eigenvalue weighted by molar-refractivity contribution is 0.317. The zero-order valence-corrected chi connectivity index (χ0v) is 13.9. The number of nitrogens with one attached hydrogen (secondary N) is 1. The molecule has 0 aliphatic heterocycles. The first-order valence-electron chi connectivity index (χ1n) is 7.30. The highest BCUT2D eigenvalue weighted by atomic mass is 79.9. The van der Waals surface area contributed by atoms with Gasteiger partial charge in [-0.3, -0.25) is 4.98 Å². The van der Waals surface area contributed by atoms with Gasteiger partial charge in [0.2, 0.25) is 0 Å². The number of nitrogens with zero attached hydrogens (tertiary/aromatic N) is 1. The van der Waals surface area contributed by atoms with Gasteiger partial charge in [-0.15, -0.1) is 0 Å². The van der Waals surface area contributed by atoms with Gasteiger partial charge in [-0.1, -0.05) is 22.9 Å². The van der Waals surface area contributed by atoms with Crippen molar-refractivity contribution >= 4 is 15.9 Å². The Morgan fingerprint density at radius 2 is 2.00 bits per heavy atom. The van der Waals surface area contributed by atoms with Crippen LogP contribution in [0, 0.1) is 0 Å². The summed E-state index contributed by atoms with van der Waals surface area (Å²) < 4.78 is 7.03. The van der Waals surface area contributed by atoms with Crippen LogP contribution in [0.2, 0.25) is 0 Å². The van der Waals surface area contributed by atoms with E-state index in [1.54, 1.807) is 0 Å². The van der Waals surface area contributed by atoms with E-state index in [0.29, 0.717) is 6.61 Å². The lowest BCUT2D eigenvalue weighted by atomic mass is 10.2. The summed E-state index contributed by atoms with van der Waals surface area (Å²) in [6, 6.07) is 10.2. The van der Waals surface area contributed by atoms with E-state index in [1.165, 1.54) is 11.1 Å². The molecule has 2 rings (SSSR count). The number of pyridine rings is 1. The van der Waals surface area contributed by atoms with Crippen LogP contribution >= 0.6 is 15.9 Å². The lowest BCUT2D eigenvalue weighted by Gasteiger charge is -2.13. The molecule has 1 heterocycles. The van der Waals surface area contributed by atoms with E-state index in [1.807, 2.05) is 36.7 Å². The third-order valence-electron chi connectivity index (χ3n) is 3.16. The molecule has 0 atom stereocenters. The van der Waals surface area contributed by atoms with Crippen molar-refractivity contribution in [3.63, 3.8) is 0 Å². The minimum absolute atomic E-state index is 0.673. The third-order valence-corrected chi connectivity index (χ3v) is 3.66. The van der Waals surface area contributed by atoms with Crippen molar-refractivity contribution in [2.24, 2.45) is 0 Å². The molecule has 0 saturated carbocycles. The molecule has 1 aromatic carbocycles. The lowest BCUT2D eigenvalue weighted by Crippen LogP contribution is -2.15. The van der Waals surface area contributed by atoms with E-state index in [-0.39, 0.29) is 0 Å². The van der Waals surface area contributed by atoms with E-state index in [4.69, 9.17) is 4.74 Å². The average Bonchev–Trinajstić information content (AvgIpc) is 2.51. The van der Waals surface area contributed by atoms with Gasteiger partial charge in [0.1, 0.15) is 5.75 Å². The largest absolute Gasteiger partial charge is 0.493 e. The number of benzene rings is 1. The van der Waals surface area contributed by atoms with E-state index in [0.717, 1.165) is 36.2 Å². The van der Waals surface area contributed by atoms with Gasteiger partial charge in [0.25, 0.3) is 0 Å². The predicted octanol–water partition coefficient (Wildman–Crippen LogP) is 3.97. The molecule has 0 unspecified atom stereocenters. The minimum atomic E-state index is 0.673. The Labute approximate surface area is 134 Å². The van der Waals surface area contributed by atoms with Crippen LogP contribution in [0.1, 0.15) is 24.5 Å². The van der Waals surface area contributed by atoms with Crippen molar-refractivity contribution in [1.29, 1.82) is 0 Å². The van der Waals surface area contributed by atoms with Crippen molar-refractivity contribution in [2.45, 2.75) is 26.3 Å². The summed E-state index contributed by atoms with van der Waals surface area (Å²) in [7, 11) is 0. The number of hydrogen-bond acceptors (Lipinski definition) is 3. The molecule has 4 heteroatoms. The SMILES string of the molecule is CCCNCc1cc(Br)ccc1OCCc1ccncc1. The maximum atomic E-state index is 5.95. The molecule has 0 bridgehead atoms. The van der Waals surface area contributed by atoms with Crippen LogP contribution in [-0.2, 0) is 13.0 Å². The number of hydrogen-bond donors (Lipinski definition) is 1. The number of halogens is 1. The molecular weight excluding hydrogens is 328 g/mol. The number of rotatable bonds is 8. The molecule has 0 radical (unpaired) electrons. The predicted molar refractivity (Wildman–Crippen MR) is 89.6 cm³/mol. The van der Waals surface area contributed by atoms with Gasteiger partial charge in [0.05, 0.1) is 6.61 Å². The molecule has 1 N–H and O–H groups in total. The van der Waals surface area contributed by atoms with Crippen molar-refractivity contribution in [3.05, 3.63) is 58.3 Å². The highest BCUT2D eigenvalue weighted by molar-refractivity contribution is 9.10. The Bertz CT molecular complexity index is 546. The zero-order chi connectivity index (χ0) is 14.9. The molecular formula is C17H21BrN2O. The van der Waals surface area contributed by atoms with Gasteiger partial charge in [-0.05, 0) is 48.9 Å². The van der Waals surface area contributed by atoms with E-state index in [2.05, 4.69) is 39.2 Å². The minimum Gasteiger partial charge on any atom is -0.493 e. The first-order valence-corrected chi connectivity index (χ1v) is 8.09. The fraction of sp³-hybridized carbons (Fsp3) is 0.353. The van der Waals surface area contributed by atoms with Crippen LogP contribution in [-0.4, -0.2) is 18.1 Å². The van der Waals surface area contributed by atoms with E-state index in [9.17, 15) is 0 Å². The smallest absolute Gasteiger partial charge is 0.123 e. The third kappa shape index (κ3) is 5.48. The van der Waals surface area contributed by atoms with Crippen molar-refractivity contribution in [3.8, 4) is 5.75 Å². The fourth-order valence-electron chi connectivity index (χ4n) is 2.06. The molecule has 0 fully saturated rings. The summed E-state index contributed by atoms with van der Waals surface area (Å²) in [4.78, 5) is 4.02. The van der Waals surface area contributed by atoms with Crippen molar-refractivity contribution in [2.75, 3.05) is 13.2 Å². The number of ether oxygens (including phenoxy) is 1. The molecule has 3 nitrogen and oxygen atoms in total. The molecule has 0 spiro atoms. The quantitative estimate of drug-likeness (QED) is 0.733. The second-order valence-electron chi connectivity index (χ2n) is 4.88. The van der Waals surface area contributed by atoms with E-state index >= 15 is 0 Å². The second kappa shape index (κ2) is 8.80. The Morgan fingerprint density at radius 3 is 2.76 bits per heavy atom. The Morgan fingerprint density at radius 1 is 1.19 bits per heavy atom. The van der Waals surface area contributed by atoms with Gasteiger partial charge < -0.3 is 10.1 Å². The topological polar surface area (TPSA) is 34.1 Å². The summed E-state index contributed by atoms with van der Waals surface area (Å²) in [5.41, 5.74) is 2.43. The summed E-state index contributed by atoms with van der Waals surface area (Å²) in [5.74, 6) is 0.954. The highest BCUT2D eigenvalue weighted by Crippen LogP contribution is 2.23. The zero-order valence-electron chi connectivity index (χ0n) is 12.3. The van der Waals surface area contributed by atoms with Crippen LogP contribution in [0.4, 0.5) is 0 Å². The number of aromatic nitrogens is 1. The summed E-state index contributed by atoms with van der Waals surface area (Å²) in [6.07, 6.45) is 5.65. The molecule has 0 aliphatic carbocycles. The van der Waals surface area contributed by atoms with Gasteiger partial charge >= 0.3 is 0 Å². The van der Waals surface area contributed by atoms with Crippen LogP contribution < -0.4 is 10.1 Å². The van der Waals surface area contributed by atoms with Gasteiger partial charge in [-0.2, -0.15) is 0 Å². The fourth-order valence-corrected chi connectivity index (χ4v) is 2.46. The normalized spacial score (nSPS) is 10.6. The maximum absolute atomic E-state index is 5.95. The van der Waals surface area contributed by atoms with Crippen LogP contribution in [0.3, 0.4) is 0 Å². The summed E-state index contributed by atoms with van der Waals surface area (Å²) in [5, 5.41) is 3.42. The van der Waals surface area contributed by atoms with Gasteiger partial charge in [-0.25, -0.2) is 0 Å². The van der Waals surface area contributed by atoms with Crippen LogP contribution in [0.25, 0.3) is 0 Å². The molecule has 112 valence electrons. The Balaban J connectivity index is 1.92. The van der Waals surface area contributed by atoms with Crippen LogP contribution in [0.15, 0.2) is 47.2 Å². The summed E-state index contributed by atoms with van der Waals surface area (Å²) in [6.45, 7) is 4.69. The molecule has 0 amide bonds. The Kier molecular flexibility index (Phi) is 6.70. The first-order chi connectivity index (χ1) is 10.3. The molecule has 1 aromatic heterocycles. The Hall–Kier alpha value is -1.39. The first kappa shape index (κ1) is 16.0. The van der Waals surface area contributed by atoms with Crippen molar-refractivity contribution in [1.82, 2.24) is 10.3 Å². The second-order valence-corrected chi connectivity index (χ2v) is 5.80. The molecule has 2 aromatic rings. The summed E-state index contributed by atoms with van der Waals surface area (Å²) >= 11 is 3.52. The molecule has 21 heavy (non-hydrogen) atoms. The van der Waals surface area contributed by atoms with Gasteiger partial charge in [0.15, 0.2) is 0 Å². The van der Waals surface area contributed by atoms with E-state index < -0.39 is 0 Å². The van der Waals surface area contributed by atoms with Crippen LogP contribution in [0.5, 0.6) is 5.75 Å². The highest BCUT2D eigenvalue weighted by Gasteiger charge is 2.05. The monoisotopic (exact) mass is 348 g/mol. The maximum Gasteiger partial charge on any atom is 0.123 e. The van der Waals surface area contributed by atoms with Gasteiger partial charge in [0, 0.05) is 35.4 Å². The average molecular weight is 349 g/mol. The van der Waals surface area contributed by atoms with Crippen molar-refractivity contribution < 1.29 is 4.74 Å². The molecule has 0 saturated heterocycles. The standard InChI is InChI=1S/C17H21BrN2O/c1-2-8-20-13-15-12-16(18)3-4-17(15)21-11-7-14-5-9-19-10-6-14/h3-6,9-10,12,20H,2,7-8,11,13H2,1H3. The molecule has 0 aliphatic rings.